The third-order valence-corrected chi connectivity index (χ3v) is 3.67. The first-order valence-electron chi connectivity index (χ1n) is 7.75. The zero-order valence-corrected chi connectivity index (χ0v) is 14.4. The second kappa shape index (κ2) is 8.10. The van der Waals surface area contributed by atoms with Crippen molar-refractivity contribution in [2.24, 2.45) is 0 Å². The van der Waals surface area contributed by atoms with Gasteiger partial charge in [-0.2, -0.15) is 0 Å². The molecule has 25 heavy (non-hydrogen) atoms. The largest absolute Gasteiger partial charge is 0.465 e. The predicted octanol–water partition coefficient (Wildman–Crippen LogP) is 3.03. The summed E-state index contributed by atoms with van der Waals surface area (Å²) >= 11 is 0. The Morgan fingerprint density at radius 2 is 1.76 bits per heavy atom. The average Bonchev–Trinajstić information content (AvgIpc) is 2.60. The number of hydrogen-bond acceptors (Lipinski definition) is 5. The molecule has 0 aliphatic rings. The van der Waals surface area contributed by atoms with Gasteiger partial charge in [-0.25, -0.2) is 4.79 Å². The number of methoxy groups -OCH3 is 1. The van der Waals surface area contributed by atoms with Crippen molar-refractivity contribution in [2.45, 2.75) is 13.8 Å². The molecule has 0 radical (unpaired) electrons. The topological polar surface area (TPSA) is 84.5 Å². The van der Waals surface area contributed by atoms with Gasteiger partial charge in [-0.3, -0.25) is 9.59 Å². The first-order chi connectivity index (χ1) is 11.9. The van der Waals surface area contributed by atoms with E-state index in [1.165, 1.54) is 14.0 Å². The van der Waals surface area contributed by atoms with Crippen LogP contribution in [0.3, 0.4) is 0 Å². The van der Waals surface area contributed by atoms with Gasteiger partial charge in [0.1, 0.15) is 0 Å². The maximum atomic E-state index is 12.1. The molecule has 2 aromatic carbocycles. The Labute approximate surface area is 146 Å². The highest BCUT2D eigenvalue weighted by atomic mass is 16.5. The Hall–Kier alpha value is -3.15. The van der Waals surface area contributed by atoms with E-state index in [2.05, 4.69) is 15.4 Å². The molecule has 0 saturated carbocycles. The van der Waals surface area contributed by atoms with Crippen molar-refractivity contribution in [2.75, 3.05) is 24.3 Å². The molecule has 0 saturated heterocycles. The van der Waals surface area contributed by atoms with E-state index in [9.17, 15) is 14.4 Å². The molecule has 0 bridgehead atoms. The van der Waals surface area contributed by atoms with Crippen LogP contribution in [0.5, 0.6) is 0 Å². The zero-order chi connectivity index (χ0) is 18.4. The lowest BCUT2D eigenvalue weighted by molar-refractivity contribution is -0.114. The molecule has 2 aromatic rings. The number of para-hydroxylation sites is 1. The summed E-state index contributed by atoms with van der Waals surface area (Å²) in [6.07, 6.45) is 0. The first kappa shape index (κ1) is 18.2. The molecule has 0 unspecified atom stereocenters. The monoisotopic (exact) mass is 340 g/mol. The van der Waals surface area contributed by atoms with Gasteiger partial charge in [-0.05, 0) is 49.7 Å². The normalized spacial score (nSPS) is 10.0. The number of esters is 1. The number of ketones is 1. The summed E-state index contributed by atoms with van der Waals surface area (Å²) in [5.74, 6) is -0.795. The fraction of sp³-hybridized carbons (Fsp3) is 0.211. The number of benzene rings is 2. The van der Waals surface area contributed by atoms with Crippen molar-refractivity contribution in [1.29, 1.82) is 0 Å². The van der Waals surface area contributed by atoms with Gasteiger partial charge in [0.05, 0.1) is 24.9 Å². The number of anilines is 2. The van der Waals surface area contributed by atoms with Crippen LogP contribution in [0.15, 0.2) is 42.5 Å². The van der Waals surface area contributed by atoms with E-state index in [0.717, 1.165) is 11.3 Å². The molecule has 6 nitrogen and oxygen atoms in total. The summed E-state index contributed by atoms with van der Waals surface area (Å²) < 4.78 is 4.68. The molecule has 0 spiro atoms. The predicted molar refractivity (Wildman–Crippen MR) is 96.1 cm³/mol. The van der Waals surface area contributed by atoms with Gasteiger partial charge in [0.25, 0.3) is 0 Å². The van der Waals surface area contributed by atoms with Crippen molar-refractivity contribution in [3.8, 4) is 0 Å². The van der Waals surface area contributed by atoms with E-state index in [-0.39, 0.29) is 18.2 Å². The summed E-state index contributed by atoms with van der Waals surface area (Å²) in [7, 11) is 1.33. The summed E-state index contributed by atoms with van der Waals surface area (Å²) in [4.78, 5) is 35.2. The molecule has 0 aliphatic heterocycles. The third-order valence-electron chi connectivity index (χ3n) is 3.67. The summed E-state index contributed by atoms with van der Waals surface area (Å²) in [6, 6.07) is 11.9. The number of ether oxygens (including phenoxy) is 1. The lowest BCUT2D eigenvalue weighted by Crippen LogP contribution is -2.23. The Morgan fingerprint density at radius 3 is 2.40 bits per heavy atom. The summed E-state index contributed by atoms with van der Waals surface area (Å²) in [6.45, 7) is 3.32. The minimum absolute atomic E-state index is 0.0324. The lowest BCUT2D eigenvalue weighted by atomic mass is 10.1. The molecule has 0 heterocycles. The Balaban J connectivity index is 2.01. The second-order valence-electron chi connectivity index (χ2n) is 5.52. The van der Waals surface area contributed by atoms with Crippen molar-refractivity contribution in [3.05, 3.63) is 59.2 Å². The maximum absolute atomic E-state index is 12.1. The van der Waals surface area contributed by atoms with Gasteiger partial charge in [-0.15, -0.1) is 0 Å². The van der Waals surface area contributed by atoms with Gasteiger partial charge in [0, 0.05) is 11.3 Å². The molecule has 130 valence electrons. The molecular formula is C19H20N2O4. The van der Waals surface area contributed by atoms with Crippen LogP contribution in [-0.4, -0.2) is 31.3 Å². The van der Waals surface area contributed by atoms with Gasteiger partial charge >= 0.3 is 5.97 Å². The number of nitrogens with one attached hydrogen (secondary N) is 2. The van der Waals surface area contributed by atoms with Crippen molar-refractivity contribution in [3.63, 3.8) is 0 Å². The lowest BCUT2D eigenvalue weighted by Gasteiger charge is -2.12. The smallest absolute Gasteiger partial charge is 0.337 e. The number of carbonyl (C=O) groups excluding carboxylic acids is 3. The average molecular weight is 340 g/mol. The van der Waals surface area contributed by atoms with Crippen LogP contribution < -0.4 is 10.6 Å². The Bertz CT molecular complexity index is 815. The van der Waals surface area contributed by atoms with Gasteiger partial charge in [-0.1, -0.05) is 12.1 Å². The van der Waals surface area contributed by atoms with E-state index in [0.29, 0.717) is 16.8 Å². The first-order valence-corrected chi connectivity index (χ1v) is 7.75. The van der Waals surface area contributed by atoms with Crippen LogP contribution in [0.2, 0.25) is 0 Å². The van der Waals surface area contributed by atoms with E-state index in [1.54, 1.807) is 42.5 Å². The van der Waals surface area contributed by atoms with Crippen molar-refractivity contribution < 1.29 is 19.1 Å². The highest BCUT2D eigenvalue weighted by molar-refractivity contribution is 6.04. The standard InChI is InChI=1S/C19H20N2O4/c1-12-10-14(19(24)25-3)8-9-16(12)20-11-18(23)21-17-7-5-4-6-15(17)13(2)22/h4-10,20H,11H2,1-3H3,(H,21,23). The molecule has 2 N–H and O–H groups in total. The number of Topliss-reactive ketones (excluding diaryl/α,β-unsaturated/α-hetero) is 1. The molecule has 0 aromatic heterocycles. The van der Waals surface area contributed by atoms with Crippen LogP contribution in [0.4, 0.5) is 11.4 Å². The number of aryl methyl sites for hydroxylation is 1. The highest BCUT2D eigenvalue weighted by Gasteiger charge is 2.11. The third kappa shape index (κ3) is 4.67. The molecule has 6 heteroatoms. The Morgan fingerprint density at radius 1 is 1.04 bits per heavy atom. The van der Waals surface area contributed by atoms with E-state index in [4.69, 9.17) is 0 Å². The molecule has 1 amide bonds. The highest BCUT2D eigenvalue weighted by Crippen LogP contribution is 2.18. The number of amides is 1. The quantitative estimate of drug-likeness (QED) is 0.624. The van der Waals surface area contributed by atoms with Crippen molar-refractivity contribution >= 4 is 29.0 Å². The van der Waals surface area contributed by atoms with Crippen LogP contribution in [0.1, 0.15) is 33.2 Å². The van der Waals surface area contributed by atoms with Gasteiger partial charge in [0.2, 0.25) is 5.91 Å². The Kier molecular flexibility index (Phi) is 5.89. The minimum atomic E-state index is -0.409. The molecule has 0 atom stereocenters. The van der Waals surface area contributed by atoms with E-state index >= 15 is 0 Å². The van der Waals surface area contributed by atoms with Crippen LogP contribution in [0, 0.1) is 6.92 Å². The minimum Gasteiger partial charge on any atom is -0.465 e. The van der Waals surface area contributed by atoms with Gasteiger partial charge in [0.15, 0.2) is 5.78 Å². The fourth-order valence-electron chi connectivity index (χ4n) is 2.38. The summed E-state index contributed by atoms with van der Waals surface area (Å²) in [5.41, 5.74) is 2.96. The number of hydrogen-bond donors (Lipinski definition) is 2. The van der Waals surface area contributed by atoms with Gasteiger partial charge < -0.3 is 15.4 Å². The summed E-state index contributed by atoms with van der Waals surface area (Å²) in [5, 5.41) is 5.74. The fourth-order valence-corrected chi connectivity index (χ4v) is 2.38. The second-order valence-corrected chi connectivity index (χ2v) is 5.52. The van der Waals surface area contributed by atoms with Crippen LogP contribution in [0.25, 0.3) is 0 Å². The van der Waals surface area contributed by atoms with E-state index in [1.807, 2.05) is 6.92 Å². The maximum Gasteiger partial charge on any atom is 0.337 e. The molecular weight excluding hydrogens is 320 g/mol. The SMILES string of the molecule is COC(=O)c1ccc(NCC(=O)Nc2ccccc2C(C)=O)c(C)c1. The van der Waals surface area contributed by atoms with E-state index < -0.39 is 5.97 Å². The molecule has 0 fully saturated rings. The number of rotatable bonds is 6. The van der Waals surface area contributed by atoms with Crippen LogP contribution in [-0.2, 0) is 9.53 Å². The number of carbonyl (C=O) groups is 3. The zero-order valence-electron chi connectivity index (χ0n) is 14.4. The van der Waals surface area contributed by atoms with Crippen molar-refractivity contribution in [1.82, 2.24) is 0 Å². The molecule has 2 rings (SSSR count). The molecule has 0 aliphatic carbocycles. The van der Waals surface area contributed by atoms with Crippen LogP contribution >= 0.6 is 0 Å².